The Hall–Kier alpha value is -3.45. The van der Waals surface area contributed by atoms with Crippen LogP contribution in [0.25, 0.3) is 33.4 Å². The largest absolute Gasteiger partial charge is 0.474 e. The minimum Gasteiger partial charge on any atom is -0.474 e. The molecule has 7 heteroatoms. The molecule has 33 heavy (non-hydrogen) atoms. The first-order chi connectivity index (χ1) is 16.3. The predicted octanol–water partition coefficient (Wildman–Crippen LogP) is 4.75. The zero-order valence-electron chi connectivity index (χ0n) is 18.5. The molecule has 1 aromatic carbocycles. The molecule has 1 aliphatic carbocycles. The molecule has 4 heterocycles. The van der Waals surface area contributed by atoms with Crippen molar-refractivity contribution in [3.05, 3.63) is 55.0 Å². The van der Waals surface area contributed by atoms with Gasteiger partial charge in [-0.15, -0.1) is 0 Å². The van der Waals surface area contributed by atoms with E-state index in [1.165, 1.54) is 6.42 Å². The van der Waals surface area contributed by atoms with Crippen molar-refractivity contribution in [1.82, 2.24) is 25.3 Å². The second-order valence-electron chi connectivity index (χ2n) is 8.82. The molecule has 1 unspecified atom stereocenters. The number of ether oxygens (including phenoxy) is 2. The number of piperidine rings is 1. The van der Waals surface area contributed by atoms with Crippen LogP contribution in [0.5, 0.6) is 11.8 Å². The van der Waals surface area contributed by atoms with Crippen LogP contribution < -0.4 is 14.8 Å². The molecule has 1 atom stereocenters. The number of aromatic amines is 1. The van der Waals surface area contributed by atoms with Crippen LogP contribution in [0.2, 0.25) is 0 Å². The van der Waals surface area contributed by atoms with E-state index in [1.807, 2.05) is 24.4 Å². The molecule has 1 aliphatic heterocycles. The Morgan fingerprint density at radius 3 is 2.58 bits per heavy atom. The van der Waals surface area contributed by atoms with Gasteiger partial charge in [0.1, 0.15) is 12.2 Å². The quantitative estimate of drug-likeness (QED) is 0.449. The highest BCUT2D eigenvalue weighted by molar-refractivity contribution is 5.96. The molecule has 6 rings (SSSR count). The fraction of sp³-hybridized carbons (Fsp3) is 0.346. The molecule has 0 spiro atoms. The van der Waals surface area contributed by atoms with Gasteiger partial charge in [-0.2, -0.15) is 0 Å². The van der Waals surface area contributed by atoms with Crippen molar-refractivity contribution in [2.24, 2.45) is 0 Å². The molecule has 2 aliphatic rings. The summed E-state index contributed by atoms with van der Waals surface area (Å²) in [4.78, 5) is 17.3. The van der Waals surface area contributed by atoms with Crippen molar-refractivity contribution < 1.29 is 9.47 Å². The number of H-pyrrole nitrogens is 1. The van der Waals surface area contributed by atoms with Gasteiger partial charge in [-0.1, -0.05) is 12.1 Å². The maximum absolute atomic E-state index is 6.09. The number of fused-ring (bicyclic) bond motifs is 1. The van der Waals surface area contributed by atoms with Gasteiger partial charge < -0.3 is 19.8 Å². The number of hydrogen-bond acceptors (Lipinski definition) is 6. The zero-order valence-corrected chi connectivity index (χ0v) is 18.5. The normalized spacial score (nSPS) is 18.7. The number of benzene rings is 1. The number of nitrogens with zero attached hydrogens (tertiary/aromatic N) is 3. The molecule has 1 saturated carbocycles. The van der Waals surface area contributed by atoms with E-state index in [2.05, 4.69) is 33.5 Å². The molecule has 1 saturated heterocycles. The molecule has 4 aromatic rings. The molecule has 2 fully saturated rings. The van der Waals surface area contributed by atoms with E-state index in [0.29, 0.717) is 17.9 Å². The summed E-state index contributed by atoms with van der Waals surface area (Å²) in [6.45, 7) is 1.90. The monoisotopic (exact) mass is 441 g/mol. The lowest BCUT2D eigenvalue weighted by Gasteiger charge is -2.25. The summed E-state index contributed by atoms with van der Waals surface area (Å²) >= 11 is 0. The van der Waals surface area contributed by atoms with E-state index in [0.717, 1.165) is 72.2 Å². The summed E-state index contributed by atoms with van der Waals surface area (Å²) in [6, 6.07) is 12.3. The Bertz CT molecular complexity index is 1260. The van der Waals surface area contributed by atoms with E-state index in [9.17, 15) is 0 Å². The third kappa shape index (κ3) is 4.28. The highest BCUT2D eigenvalue weighted by Crippen LogP contribution is 2.32. The molecule has 0 radical (unpaired) electrons. The van der Waals surface area contributed by atoms with E-state index in [4.69, 9.17) is 19.4 Å². The van der Waals surface area contributed by atoms with Crippen LogP contribution >= 0.6 is 0 Å². The van der Waals surface area contributed by atoms with E-state index < -0.39 is 0 Å². The summed E-state index contributed by atoms with van der Waals surface area (Å²) in [5.74, 6) is 1.26. The summed E-state index contributed by atoms with van der Waals surface area (Å²) in [6.07, 6.45) is 11.5. The van der Waals surface area contributed by atoms with E-state index in [-0.39, 0.29) is 6.10 Å². The Morgan fingerprint density at radius 2 is 1.73 bits per heavy atom. The van der Waals surface area contributed by atoms with Crippen LogP contribution in [0.15, 0.2) is 55.0 Å². The van der Waals surface area contributed by atoms with Gasteiger partial charge in [-0.3, -0.25) is 4.98 Å². The van der Waals surface area contributed by atoms with Crippen molar-refractivity contribution in [2.75, 3.05) is 13.1 Å². The lowest BCUT2D eigenvalue weighted by Crippen LogP contribution is -2.37. The first kappa shape index (κ1) is 20.2. The standard InChI is InChI=1S/C26H27N5O2/c1-4-18(5-1)32-25-8-2-7-22(30-25)17-9-10-23-20(12-17)21(14-29-23)24-15-28-16-26(31-24)33-19-6-3-11-27-13-19/h2,7-10,12,14-16,18-19,27,29H,1,3-6,11,13H2. The van der Waals surface area contributed by atoms with Crippen molar-refractivity contribution in [1.29, 1.82) is 0 Å². The van der Waals surface area contributed by atoms with Gasteiger partial charge in [0.25, 0.3) is 0 Å². The fourth-order valence-electron chi connectivity index (χ4n) is 4.42. The highest BCUT2D eigenvalue weighted by atomic mass is 16.5. The smallest absolute Gasteiger partial charge is 0.233 e. The lowest BCUT2D eigenvalue weighted by molar-refractivity contribution is 0.115. The van der Waals surface area contributed by atoms with E-state index in [1.54, 1.807) is 12.4 Å². The number of rotatable bonds is 6. The molecule has 3 aromatic heterocycles. The van der Waals surface area contributed by atoms with Crippen molar-refractivity contribution in [2.45, 2.75) is 44.3 Å². The van der Waals surface area contributed by atoms with Gasteiger partial charge in [0.15, 0.2) is 0 Å². The number of aromatic nitrogens is 4. The number of nitrogens with one attached hydrogen (secondary N) is 2. The third-order valence-electron chi connectivity index (χ3n) is 6.47. The second kappa shape index (κ2) is 8.83. The second-order valence-corrected chi connectivity index (χ2v) is 8.82. The van der Waals surface area contributed by atoms with Crippen molar-refractivity contribution >= 4 is 10.9 Å². The molecule has 0 amide bonds. The van der Waals surface area contributed by atoms with Gasteiger partial charge in [-0.05, 0) is 56.8 Å². The van der Waals surface area contributed by atoms with Crippen LogP contribution in [0.1, 0.15) is 32.1 Å². The summed E-state index contributed by atoms with van der Waals surface area (Å²) < 4.78 is 12.1. The minimum absolute atomic E-state index is 0.137. The van der Waals surface area contributed by atoms with Gasteiger partial charge in [0.05, 0.1) is 23.8 Å². The minimum atomic E-state index is 0.137. The first-order valence-corrected chi connectivity index (χ1v) is 11.8. The average Bonchev–Trinajstić information content (AvgIpc) is 3.26. The fourth-order valence-corrected chi connectivity index (χ4v) is 4.42. The molecular weight excluding hydrogens is 414 g/mol. The van der Waals surface area contributed by atoms with Crippen molar-refractivity contribution in [3.63, 3.8) is 0 Å². The van der Waals surface area contributed by atoms with Crippen molar-refractivity contribution in [3.8, 4) is 34.3 Å². The SMILES string of the molecule is c1cc(OC2CCC2)nc(-c2ccc3[nH]cc(-c4cncc(OC5CCCNC5)n4)c3c2)c1. The first-order valence-electron chi connectivity index (χ1n) is 11.8. The average molecular weight is 442 g/mol. The number of hydrogen-bond donors (Lipinski definition) is 2. The highest BCUT2D eigenvalue weighted by Gasteiger charge is 2.20. The third-order valence-corrected chi connectivity index (χ3v) is 6.47. The van der Waals surface area contributed by atoms with Gasteiger partial charge in [0, 0.05) is 40.8 Å². The molecule has 7 nitrogen and oxygen atoms in total. The summed E-state index contributed by atoms with van der Waals surface area (Å²) in [5.41, 5.74) is 4.76. The Labute approximate surface area is 192 Å². The topological polar surface area (TPSA) is 85.0 Å². The Morgan fingerprint density at radius 1 is 0.848 bits per heavy atom. The zero-order chi connectivity index (χ0) is 22.0. The molecular formula is C26H27N5O2. The van der Waals surface area contributed by atoms with Crippen LogP contribution in [-0.2, 0) is 0 Å². The van der Waals surface area contributed by atoms with Crippen LogP contribution in [0.3, 0.4) is 0 Å². The summed E-state index contributed by atoms with van der Waals surface area (Å²) in [5, 5.41) is 4.45. The Balaban J connectivity index is 1.29. The molecule has 2 N–H and O–H groups in total. The molecule has 0 bridgehead atoms. The maximum atomic E-state index is 6.09. The van der Waals surface area contributed by atoms with Crippen LogP contribution in [-0.4, -0.2) is 45.2 Å². The van der Waals surface area contributed by atoms with E-state index >= 15 is 0 Å². The summed E-state index contributed by atoms with van der Waals surface area (Å²) in [7, 11) is 0. The lowest BCUT2D eigenvalue weighted by atomic mass is 9.96. The maximum Gasteiger partial charge on any atom is 0.233 e. The Kier molecular flexibility index (Phi) is 5.40. The predicted molar refractivity (Wildman–Crippen MR) is 127 cm³/mol. The van der Waals surface area contributed by atoms with Crippen LogP contribution in [0.4, 0.5) is 0 Å². The van der Waals surface area contributed by atoms with Gasteiger partial charge >= 0.3 is 0 Å². The van der Waals surface area contributed by atoms with Crippen LogP contribution in [0, 0.1) is 0 Å². The van der Waals surface area contributed by atoms with Gasteiger partial charge in [-0.25, -0.2) is 9.97 Å². The molecule has 168 valence electrons. The van der Waals surface area contributed by atoms with Gasteiger partial charge in [0.2, 0.25) is 11.8 Å². The number of pyridine rings is 1.